The highest BCUT2D eigenvalue weighted by Gasteiger charge is 2.19. The third-order valence-electron chi connectivity index (χ3n) is 3.26. The first-order valence-corrected chi connectivity index (χ1v) is 7.21. The van der Waals surface area contributed by atoms with E-state index in [-0.39, 0.29) is 12.1 Å². The molecule has 2 aromatic carbocycles. The van der Waals surface area contributed by atoms with Crippen molar-refractivity contribution in [3.63, 3.8) is 0 Å². The standard InChI is InChI=1S/C17H20ClNO2/c1-11-4-9-15(18)16(10-11)21-17(12(2)19)13-5-7-14(20-3)8-6-13/h4-10,12,17H,19H2,1-3H3. The number of benzene rings is 2. The van der Waals surface area contributed by atoms with E-state index >= 15 is 0 Å². The molecule has 0 aliphatic carbocycles. The van der Waals surface area contributed by atoms with Crippen molar-refractivity contribution < 1.29 is 9.47 Å². The van der Waals surface area contributed by atoms with Crippen LogP contribution in [0.3, 0.4) is 0 Å². The molecule has 0 aliphatic heterocycles. The highest BCUT2D eigenvalue weighted by atomic mass is 35.5. The minimum absolute atomic E-state index is 0.171. The molecule has 4 heteroatoms. The molecule has 2 N–H and O–H groups in total. The Kier molecular flexibility index (Phi) is 5.10. The molecular formula is C17H20ClNO2. The van der Waals surface area contributed by atoms with Crippen LogP contribution in [0.25, 0.3) is 0 Å². The summed E-state index contributed by atoms with van der Waals surface area (Å²) < 4.78 is 11.2. The second-order valence-electron chi connectivity index (χ2n) is 5.10. The van der Waals surface area contributed by atoms with Crippen LogP contribution in [-0.4, -0.2) is 13.2 Å². The van der Waals surface area contributed by atoms with Crippen LogP contribution >= 0.6 is 11.6 Å². The normalized spacial score (nSPS) is 13.6. The Bertz CT molecular complexity index is 596. The number of hydrogen-bond acceptors (Lipinski definition) is 3. The molecule has 2 aromatic rings. The minimum atomic E-state index is -0.268. The topological polar surface area (TPSA) is 44.5 Å². The Morgan fingerprint density at radius 3 is 2.33 bits per heavy atom. The summed E-state index contributed by atoms with van der Waals surface area (Å²) in [6.07, 6.45) is -0.268. The maximum atomic E-state index is 6.19. The van der Waals surface area contributed by atoms with Crippen molar-refractivity contribution in [2.75, 3.05) is 7.11 Å². The second-order valence-corrected chi connectivity index (χ2v) is 5.51. The van der Waals surface area contributed by atoms with Gasteiger partial charge in [-0.05, 0) is 49.2 Å². The molecule has 0 saturated carbocycles. The van der Waals surface area contributed by atoms with E-state index in [9.17, 15) is 0 Å². The van der Waals surface area contributed by atoms with E-state index in [1.807, 2.05) is 56.3 Å². The fourth-order valence-corrected chi connectivity index (χ4v) is 2.27. The number of hydrogen-bond donors (Lipinski definition) is 1. The van der Waals surface area contributed by atoms with E-state index in [1.54, 1.807) is 7.11 Å². The molecule has 0 radical (unpaired) electrons. The van der Waals surface area contributed by atoms with Gasteiger partial charge < -0.3 is 15.2 Å². The van der Waals surface area contributed by atoms with Crippen molar-refractivity contribution in [2.45, 2.75) is 26.0 Å². The zero-order valence-electron chi connectivity index (χ0n) is 12.5. The fraction of sp³-hybridized carbons (Fsp3) is 0.294. The Balaban J connectivity index is 2.28. The van der Waals surface area contributed by atoms with Crippen LogP contribution in [0, 0.1) is 6.92 Å². The molecule has 112 valence electrons. The SMILES string of the molecule is COc1ccc(C(Oc2cc(C)ccc2Cl)C(C)N)cc1. The third kappa shape index (κ3) is 3.90. The monoisotopic (exact) mass is 305 g/mol. The van der Waals surface area contributed by atoms with E-state index in [1.165, 1.54) is 0 Å². The van der Waals surface area contributed by atoms with E-state index in [0.717, 1.165) is 16.9 Å². The first-order chi connectivity index (χ1) is 10.0. The van der Waals surface area contributed by atoms with Gasteiger partial charge in [0.2, 0.25) is 0 Å². The second kappa shape index (κ2) is 6.83. The molecule has 0 amide bonds. The summed E-state index contributed by atoms with van der Waals surface area (Å²) >= 11 is 6.19. The largest absolute Gasteiger partial charge is 0.497 e. The predicted molar refractivity (Wildman–Crippen MR) is 86.2 cm³/mol. The maximum Gasteiger partial charge on any atom is 0.139 e. The van der Waals surface area contributed by atoms with Gasteiger partial charge in [0.25, 0.3) is 0 Å². The molecule has 0 aromatic heterocycles. The molecule has 0 fully saturated rings. The van der Waals surface area contributed by atoms with Crippen LogP contribution in [0.15, 0.2) is 42.5 Å². The van der Waals surface area contributed by atoms with Crippen molar-refractivity contribution >= 4 is 11.6 Å². The van der Waals surface area contributed by atoms with Gasteiger partial charge in [-0.15, -0.1) is 0 Å². The summed E-state index contributed by atoms with van der Waals surface area (Å²) in [6.45, 7) is 3.91. The summed E-state index contributed by atoms with van der Waals surface area (Å²) in [5, 5.41) is 0.583. The van der Waals surface area contributed by atoms with Gasteiger partial charge in [0, 0.05) is 6.04 Å². The summed E-state index contributed by atoms with van der Waals surface area (Å²) in [5.74, 6) is 1.45. The van der Waals surface area contributed by atoms with Crippen LogP contribution in [-0.2, 0) is 0 Å². The zero-order chi connectivity index (χ0) is 15.4. The quantitative estimate of drug-likeness (QED) is 0.903. The minimum Gasteiger partial charge on any atom is -0.497 e. The van der Waals surface area contributed by atoms with E-state index in [4.69, 9.17) is 26.8 Å². The fourth-order valence-electron chi connectivity index (χ4n) is 2.11. The summed E-state index contributed by atoms with van der Waals surface area (Å²) in [7, 11) is 1.64. The highest BCUT2D eigenvalue weighted by Crippen LogP contribution is 2.31. The average Bonchev–Trinajstić information content (AvgIpc) is 2.48. The van der Waals surface area contributed by atoms with Crippen LogP contribution in [0.4, 0.5) is 0 Å². The van der Waals surface area contributed by atoms with Crippen molar-refractivity contribution in [1.29, 1.82) is 0 Å². The van der Waals surface area contributed by atoms with Crippen LogP contribution in [0.2, 0.25) is 5.02 Å². The lowest BCUT2D eigenvalue weighted by atomic mass is 10.0. The molecule has 0 spiro atoms. The van der Waals surface area contributed by atoms with Crippen molar-refractivity contribution in [1.82, 2.24) is 0 Å². The lowest BCUT2D eigenvalue weighted by Gasteiger charge is -2.24. The number of methoxy groups -OCH3 is 1. The van der Waals surface area contributed by atoms with Crippen LogP contribution < -0.4 is 15.2 Å². The van der Waals surface area contributed by atoms with Gasteiger partial charge in [0.05, 0.1) is 12.1 Å². The van der Waals surface area contributed by atoms with Crippen LogP contribution in [0.1, 0.15) is 24.2 Å². The number of nitrogens with two attached hydrogens (primary N) is 1. The first kappa shape index (κ1) is 15.7. The van der Waals surface area contributed by atoms with Gasteiger partial charge in [-0.2, -0.15) is 0 Å². The van der Waals surface area contributed by atoms with Gasteiger partial charge in [-0.3, -0.25) is 0 Å². The number of aryl methyl sites for hydroxylation is 1. The van der Waals surface area contributed by atoms with Crippen molar-refractivity contribution in [3.05, 3.63) is 58.6 Å². The smallest absolute Gasteiger partial charge is 0.139 e. The molecular weight excluding hydrogens is 286 g/mol. The van der Waals surface area contributed by atoms with Crippen LogP contribution in [0.5, 0.6) is 11.5 Å². The Labute approximate surface area is 130 Å². The number of rotatable bonds is 5. The van der Waals surface area contributed by atoms with E-state index < -0.39 is 0 Å². The molecule has 0 aliphatic rings. The Morgan fingerprint density at radius 2 is 1.76 bits per heavy atom. The molecule has 0 bridgehead atoms. The maximum absolute atomic E-state index is 6.19. The molecule has 21 heavy (non-hydrogen) atoms. The van der Waals surface area contributed by atoms with E-state index in [0.29, 0.717) is 10.8 Å². The summed E-state index contributed by atoms with van der Waals surface area (Å²) in [6, 6.07) is 13.2. The summed E-state index contributed by atoms with van der Waals surface area (Å²) in [4.78, 5) is 0. The number of ether oxygens (including phenoxy) is 2. The lowest BCUT2D eigenvalue weighted by molar-refractivity contribution is 0.180. The predicted octanol–water partition coefficient (Wildman–Crippen LogP) is 4.12. The first-order valence-electron chi connectivity index (χ1n) is 6.83. The molecule has 3 nitrogen and oxygen atoms in total. The number of halogens is 1. The zero-order valence-corrected chi connectivity index (χ0v) is 13.2. The lowest BCUT2D eigenvalue weighted by Crippen LogP contribution is -2.29. The average molecular weight is 306 g/mol. The molecule has 0 heterocycles. The van der Waals surface area contributed by atoms with Gasteiger partial charge >= 0.3 is 0 Å². The van der Waals surface area contributed by atoms with Crippen molar-refractivity contribution in [2.24, 2.45) is 5.73 Å². The van der Waals surface area contributed by atoms with Gasteiger partial charge in [0.15, 0.2) is 0 Å². The molecule has 0 saturated heterocycles. The molecule has 2 atom stereocenters. The highest BCUT2D eigenvalue weighted by molar-refractivity contribution is 6.32. The van der Waals surface area contributed by atoms with Gasteiger partial charge in [-0.1, -0.05) is 29.8 Å². The van der Waals surface area contributed by atoms with Crippen molar-refractivity contribution in [3.8, 4) is 11.5 Å². The molecule has 2 rings (SSSR count). The molecule has 2 unspecified atom stereocenters. The summed E-state index contributed by atoms with van der Waals surface area (Å²) in [5.41, 5.74) is 8.16. The Hall–Kier alpha value is -1.71. The van der Waals surface area contributed by atoms with Gasteiger partial charge in [-0.25, -0.2) is 0 Å². The Morgan fingerprint density at radius 1 is 1.10 bits per heavy atom. The third-order valence-corrected chi connectivity index (χ3v) is 3.57. The van der Waals surface area contributed by atoms with E-state index in [2.05, 4.69) is 0 Å². The van der Waals surface area contributed by atoms with Gasteiger partial charge in [0.1, 0.15) is 17.6 Å².